The molecule has 244 valence electrons. The molecule has 47 heavy (non-hydrogen) atoms. The molecule has 5 heterocycles. The van der Waals surface area contributed by atoms with E-state index < -0.39 is 17.8 Å². The number of likely N-dealkylation sites (tertiary alicyclic amines) is 1. The van der Waals surface area contributed by atoms with Crippen LogP contribution in [0, 0.1) is 18.3 Å². The summed E-state index contributed by atoms with van der Waals surface area (Å²) >= 11 is 7.04. The van der Waals surface area contributed by atoms with Crippen molar-refractivity contribution in [3.8, 4) is 29.0 Å². The van der Waals surface area contributed by atoms with Gasteiger partial charge in [-0.05, 0) is 69.5 Å². The summed E-state index contributed by atoms with van der Waals surface area (Å²) in [5.41, 5.74) is 5.21. The van der Waals surface area contributed by atoms with Crippen LogP contribution in [0.5, 0.6) is 11.8 Å². The minimum absolute atomic E-state index is 0.0290. The lowest BCUT2D eigenvalue weighted by molar-refractivity contribution is -0.131. The number of aromatic amines is 1. The summed E-state index contributed by atoms with van der Waals surface area (Å²) in [6.45, 7) is 7.96. The lowest BCUT2D eigenvalue weighted by Gasteiger charge is -2.41. The second-order valence-electron chi connectivity index (χ2n) is 12.6. The minimum Gasteiger partial charge on any atom is -0.492 e. The maximum atomic E-state index is 14.0. The average molecular weight is 659 g/mol. The van der Waals surface area contributed by atoms with E-state index in [-0.39, 0.29) is 31.6 Å². The van der Waals surface area contributed by atoms with Gasteiger partial charge in [0.25, 0.3) is 5.91 Å². The quantitative estimate of drug-likeness (QED) is 0.262. The van der Waals surface area contributed by atoms with Crippen LogP contribution in [0.15, 0.2) is 30.7 Å². The molecule has 1 unspecified atom stereocenters. The molecule has 0 aliphatic carbocycles. The fraction of sp³-hybridized carbons (Fsp3) is 0.441. The van der Waals surface area contributed by atoms with Crippen molar-refractivity contribution in [2.45, 2.75) is 51.1 Å². The molecule has 7 rings (SSSR count). The number of H-pyrrole nitrogens is 1. The highest BCUT2D eigenvalue weighted by Gasteiger charge is 2.35. The number of carbonyl (C=O) groups excluding carboxylic acids is 1. The van der Waals surface area contributed by atoms with Crippen molar-refractivity contribution in [1.29, 1.82) is 5.26 Å². The lowest BCUT2D eigenvalue weighted by Crippen LogP contribution is -2.55. The van der Waals surface area contributed by atoms with Crippen molar-refractivity contribution in [3.05, 3.63) is 46.9 Å². The summed E-state index contributed by atoms with van der Waals surface area (Å²) in [7, 11) is 2.09. The lowest BCUT2D eigenvalue weighted by atomic mass is 9.90. The summed E-state index contributed by atoms with van der Waals surface area (Å²) in [6.07, 6.45) is 5.54. The van der Waals surface area contributed by atoms with Gasteiger partial charge in [-0.25, -0.2) is 4.39 Å². The topological polar surface area (TPSA) is 124 Å². The van der Waals surface area contributed by atoms with Crippen molar-refractivity contribution in [1.82, 2.24) is 30.0 Å². The van der Waals surface area contributed by atoms with Crippen LogP contribution in [-0.4, -0.2) is 94.4 Å². The Balaban J connectivity index is 1.40. The standard InChI is InChI=1S/C34H36ClFN8O3/c1-19-14-26-25(16-38-41-26)28(30(19)35)24-15-27-29(31-23(24)7-5-13-46-31)32(40-34(39-27)47-18-22-6-4-10-42(22)3)43-11-12-44(33(45)20(2)36)21(17-43)8-9-37/h14-16,21-22H,2,4-8,10-13,17-18H2,1,3H3,(H,38,41)/t21-,22?/m0/s1. The molecule has 2 fully saturated rings. The van der Waals surface area contributed by atoms with E-state index in [4.69, 9.17) is 31.0 Å². The van der Waals surface area contributed by atoms with Gasteiger partial charge in [-0.2, -0.15) is 20.3 Å². The molecule has 0 saturated carbocycles. The van der Waals surface area contributed by atoms with Gasteiger partial charge in [0.2, 0.25) is 0 Å². The van der Waals surface area contributed by atoms with Crippen LogP contribution in [0.3, 0.4) is 0 Å². The smallest absolute Gasteiger partial charge is 0.319 e. The Labute approximate surface area is 276 Å². The SMILES string of the molecule is C=C(F)C(=O)N1CCN(c2nc(OCC3CCCN3C)nc3cc(-c4c(Cl)c(C)cc5[nH]ncc45)c4c(c23)OCCC4)C[C@@H]1CC#N. The fourth-order valence-corrected chi connectivity index (χ4v) is 7.45. The van der Waals surface area contributed by atoms with Gasteiger partial charge in [-0.1, -0.05) is 18.2 Å². The third-order valence-corrected chi connectivity index (χ3v) is 10.1. The van der Waals surface area contributed by atoms with Gasteiger partial charge in [-0.3, -0.25) is 9.89 Å². The number of ether oxygens (including phenoxy) is 2. The number of halogens is 2. The van der Waals surface area contributed by atoms with Gasteiger partial charge >= 0.3 is 6.01 Å². The number of hydrogen-bond donors (Lipinski definition) is 1. The van der Waals surface area contributed by atoms with Gasteiger partial charge in [0, 0.05) is 42.2 Å². The Morgan fingerprint density at radius 3 is 2.87 bits per heavy atom. The van der Waals surface area contributed by atoms with Gasteiger partial charge < -0.3 is 24.2 Å². The van der Waals surface area contributed by atoms with Crippen LogP contribution in [0.2, 0.25) is 5.02 Å². The Bertz CT molecular complexity index is 1940. The highest BCUT2D eigenvalue weighted by atomic mass is 35.5. The third-order valence-electron chi connectivity index (χ3n) is 9.63. The molecule has 0 spiro atoms. The molecule has 1 N–H and O–H groups in total. The highest BCUT2D eigenvalue weighted by Crippen LogP contribution is 2.47. The molecule has 3 aliphatic heterocycles. The summed E-state index contributed by atoms with van der Waals surface area (Å²) in [5.74, 6) is -0.569. The van der Waals surface area contributed by atoms with Gasteiger partial charge in [0.15, 0.2) is 5.83 Å². The number of likely N-dealkylation sites (N-methyl/N-ethyl adjacent to an activating group) is 1. The van der Waals surface area contributed by atoms with Crippen LogP contribution in [0.25, 0.3) is 32.9 Å². The molecule has 13 heteroatoms. The van der Waals surface area contributed by atoms with Crippen LogP contribution < -0.4 is 14.4 Å². The number of aryl methyl sites for hydroxylation is 1. The number of nitrogens with zero attached hydrogens (tertiary/aromatic N) is 7. The largest absolute Gasteiger partial charge is 0.492 e. The number of fused-ring (bicyclic) bond motifs is 4. The third kappa shape index (κ3) is 5.61. The van der Waals surface area contributed by atoms with Gasteiger partial charge in [-0.15, -0.1) is 0 Å². The van der Waals surface area contributed by atoms with E-state index in [0.29, 0.717) is 41.9 Å². The van der Waals surface area contributed by atoms with Crippen molar-refractivity contribution >= 4 is 45.1 Å². The van der Waals surface area contributed by atoms with E-state index >= 15 is 0 Å². The molecule has 0 bridgehead atoms. The average Bonchev–Trinajstić information content (AvgIpc) is 3.71. The number of benzene rings is 2. The molecule has 3 aliphatic rings. The van der Waals surface area contributed by atoms with Crippen LogP contribution in [0.1, 0.15) is 36.8 Å². The van der Waals surface area contributed by atoms with Gasteiger partial charge in [0.1, 0.15) is 18.2 Å². The molecule has 2 saturated heterocycles. The number of amides is 1. The molecule has 2 aromatic heterocycles. The molecule has 4 aromatic rings. The van der Waals surface area contributed by atoms with E-state index in [1.54, 1.807) is 6.20 Å². The summed E-state index contributed by atoms with van der Waals surface area (Å²) < 4.78 is 26.7. The van der Waals surface area contributed by atoms with Crippen LogP contribution in [-0.2, 0) is 11.2 Å². The Morgan fingerprint density at radius 2 is 2.11 bits per heavy atom. The minimum atomic E-state index is -1.04. The van der Waals surface area contributed by atoms with Gasteiger partial charge in [0.05, 0.1) is 52.8 Å². The maximum Gasteiger partial charge on any atom is 0.319 e. The van der Waals surface area contributed by atoms with E-state index in [1.807, 2.05) is 24.0 Å². The number of carbonyl (C=O) groups is 1. The van der Waals surface area contributed by atoms with E-state index in [9.17, 15) is 14.4 Å². The predicted molar refractivity (Wildman–Crippen MR) is 178 cm³/mol. The van der Waals surface area contributed by atoms with Crippen molar-refractivity contribution in [2.24, 2.45) is 0 Å². The molecule has 2 aromatic carbocycles. The van der Waals surface area contributed by atoms with E-state index in [1.165, 1.54) is 4.90 Å². The fourth-order valence-electron chi connectivity index (χ4n) is 7.19. The number of anilines is 1. The molecule has 11 nitrogen and oxygen atoms in total. The maximum absolute atomic E-state index is 14.0. The number of hydrogen-bond acceptors (Lipinski definition) is 9. The van der Waals surface area contributed by atoms with Crippen molar-refractivity contribution < 1.29 is 18.7 Å². The summed E-state index contributed by atoms with van der Waals surface area (Å²) in [6, 6.07) is 6.10. The molecule has 2 atom stereocenters. The Morgan fingerprint density at radius 1 is 1.26 bits per heavy atom. The zero-order chi connectivity index (χ0) is 32.8. The number of nitriles is 1. The summed E-state index contributed by atoms with van der Waals surface area (Å²) in [4.78, 5) is 28.3. The van der Waals surface area contributed by atoms with Crippen LogP contribution in [0.4, 0.5) is 10.2 Å². The van der Waals surface area contributed by atoms with Crippen molar-refractivity contribution in [3.63, 3.8) is 0 Å². The van der Waals surface area contributed by atoms with E-state index in [0.717, 1.165) is 70.8 Å². The molecule has 1 amide bonds. The van der Waals surface area contributed by atoms with Crippen LogP contribution >= 0.6 is 11.6 Å². The van der Waals surface area contributed by atoms with Crippen molar-refractivity contribution in [2.75, 3.05) is 51.3 Å². The normalized spacial score (nSPS) is 19.9. The number of nitrogens with one attached hydrogen (secondary N) is 1. The predicted octanol–water partition coefficient (Wildman–Crippen LogP) is 5.35. The zero-order valence-corrected chi connectivity index (χ0v) is 27.2. The first-order valence-corrected chi connectivity index (χ1v) is 16.4. The first-order valence-electron chi connectivity index (χ1n) is 16.0. The summed E-state index contributed by atoms with van der Waals surface area (Å²) in [5, 5.41) is 19.3. The Kier molecular flexibility index (Phi) is 8.36. The number of aromatic nitrogens is 4. The molecular formula is C34H36ClFN8O3. The highest BCUT2D eigenvalue weighted by molar-refractivity contribution is 6.36. The second kappa shape index (κ2) is 12.6. The first-order chi connectivity index (χ1) is 22.7. The second-order valence-corrected chi connectivity index (χ2v) is 13.0. The van der Waals surface area contributed by atoms with E-state index in [2.05, 4.69) is 34.8 Å². The first kappa shape index (κ1) is 31.1. The monoisotopic (exact) mass is 658 g/mol. The zero-order valence-electron chi connectivity index (χ0n) is 26.5. The number of piperazine rings is 1. The molecular weight excluding hydrogens is 623 g/mol. The molecule has 0 radical (unpaired) electrons. The number of rotatable bonds is 7. The Hall–Kier alpha value is -4.47.